The normalized spacial score (nSPS) is 13.3. The Morgan fingerprint density at radius 1 is 0.371 bits per heavy atom. The van der Waals surface area contributed by atoms with Gasteiger partial charge < -0.3 is 0 Å². The van der Waals surface area contributed by atoms with E-state index < -0.39 is 0 Å². The van der Waals surface area contributed by atoms with E-state index in [9.17, 15) is 0 Å². The van der Waals surface area contributed by atoms with Crippen molar-refractivity contribution in [3.8, 4) is 0 Å². The van der Waals surface area contributed by atoms with Crippen LogP contribution in [0.15, 0.2) is 48.6 Å². The Kier molecular flexibility index (Phi) is 30.1. The third kappa shape index (κ3) is 30.9. The van der Waals surface area contributed by atoms with Gasteiger partial charge in [-0.15, -0.1) is 0 Å². The summed E-state index contributed by atoms with van der Waals surface area (Å²) in [5.41, 5.74) is 0. The predicted octanol–water partition coefficient (Wildman–Crippen LogP) is 12.9. The van der Waals surface area contributed by atoms with Gasteiger partial charge in [0.05, 0.1) is 0 Å². The second-order valence-corrected chi connectivity index (χ2v) is 10.9. The predicted molar refractivity (Wildman–Crippen MR) is 163 cm³/mol. The van der Waals surface area contributed by atoms with Crippen LogP contribution in [0.5, 0.6) is 0 Å². The van der Waals surface area contributed by atoms with Crippen LogP contribution in [-0.2, 0) is 0 Å². The summed E-state index contributed by atoms with van der Waals surface area (Å²) >= 11 is 0. The van der Waals surface area contributed by atoms with Gasteiger partial charge in [-0.05, 0) is 50.9 Å². The minimum atomic E-state index is 0.936. The van der Waals surface area contributed by atoms with Crippen LogP contribution in [-0.4, -0.2) is 0 Å². The third-order valence-corrected chi connectivity index (χ3v) is 7.10. The first-order valence-electron chi connectivity index (χ1n) is 15.9. The molecule has 0 fully saturated rings. The van der Waals surface area contributed by atoms with Gasteiger partial charge in [-0.25, -0.2) is 0 Å². The molecule has 0 N–H and O–H groups in total. The van der Waals surface area contributed by atoms with E-state index in [1.54, 1.807) is 0 Å². The average molecular weight is 485 g/mol. The van der Waals surface area contributed by atoms with Crippen molar-refractivity contribution in [2.45, 2.75) is 168 Å². The Morgan fingerprint density at radius 3 is 1.09 bits per heavy atom. The number of unbranched alkanes of at least 4 members (excludes halogenated alkanes) is 17. The van der Waals surface area contributed by atoms with Crippen LogP contribution in [0, 0.1) is 5.92 Å². The number of hydrogen-bond donors (Lipinski definition) is 0. The molecule has 0 aromatic heterocycles. The Balaban J connectivity index is 3.29. The monoisotopic (exact) mass is 485 g/mol. The maximum absolute atomic E-state index is 2.48. The first-order chi connectivity index (χ1) is 17.3. The van der Waals surface area contributed by atoms with Crippen LogP contribution in [0.1, 0.15) is 168 Å². The molecule has 0 aromatic carbocycles. The lowest BCUT2D eigenvalue weighted by atomic mass is 9.96. The minimum Gasteiger partial charge on any atom is -0.0845 e. The molecule has 0 heteroatoms. The zero-order chi connectivity index (χ0) is 25.5. The highest BCUT2D eigenvalue weighted by Crippen LogP contribution is 2.19. The molecule has 1 atom stereocenters. The van der Waals surface area contributed by atoms with E-state index in [4.69, 9.17) is 0 Å². The maximum atomic E-state index is 2.48. The summed E-state index contributed by atoms with van der Waals surface area (Å²) in [5, 5.41) is 0. The van der Waals surface area contributed by atoms with Gasteiger partial charge >= 0.3 is 0 Å². The van der Waals surface area contributed by atoms with Gasteiger partial charge in [0.1, 0.15) is 0 Å². The van der Waals surface area contributed by atoms with Crippen LogP contribution in [0.2, 0.25) is 0 Å². The summed E-state index contributed by atoms with van der Waals surface area (Å²) in [4.78, 5) is 0. The molecular formula is C35H64. The molecule has 0 aliphatic rings. The van der Waals surface area contributed by atoms with Gasteiger partial charge in [-0.2, -0.15) is 0 Å². The molecule has 0 bridgehead atoms. The third-order valence-electron chi connectivity index (χ3n) is 7.10. The SMILES string of the molecule is CCCC/C=C/C=C/CCCCCCCCC(C)CCCCCCCC/C=C/C=C/CCCCC. The molecule has 0 aromatic rings. The van der Waals surface area contributed by atoms with Gasteiger partial charge in [0.2, 0.25) is 0 Å². The summed E-state index contributed by atoms with van der Waals surface area (Å²) in [6, 6.07) is 0. The van der Waals surface area contributed by atoms with Crippen molar-refractivity contribution in [3.63, 3.8) is 0 Å². The fourth-order valence-corrected chi connectivity index (χ4v) is 4.60. The zero-order valence-corrected chi connectivity index (χ0v) is 24.5. The van der Waals surface area contributed by atoms with E-state index >= 15 is 0 Å². The quantitative estimate of drug-likeness (QED) is 0.0803. The van der Waals surface area contributed by atoms with Crippen molar-refractivity contribution in [2.24, 2.45) is 5.92 Å². The van der Waals surface area contributed by atoms with Crippen molar-refractivity contribution in [3.05, 3.63) is 48.6 Å². The Labute approximate surface area is 222 Å². The molecular weight excluding hydrogens is 420 g/mol. The molecule has 0 nitrogen and oxygen atoms in total. The highest BCUT2D eigenvalue weighted by atomic mass is 14.1. The molecule has 1 unspecified atom stereocenters. The van der Waals surface area contributed by atoms with Crippen LogP contribution in [0.3, 0.4) is 0 Å². The molecule has 0 saturated carbocycles. The second kappa shape index (κ2) is 31.0. The topological polar surface area (TPSA) is 0 Å². The molecule has 0 saturated heterocycles. The fraction of sp³-hybridized carbons (Fsp3) is 0.771. The average Bonchev–Trinajstić information content (AvgIpc) is 2.86. The molecule has 0 spiro atoms. The van der Waals surface area contributed by atoms with Crippen molar-refractivity contribution in [1.29, 1.82) is 0 Å². The lowest BCUT2D eigenvalue weighted by Gasteiger charge is -2.11. The van der Waals surface area contributed by atoms with E-state index in [0.717, 1.165) is 5.92 Å². The van der Waals surface area contributed by atoms with E-state index in [-0.39, 0.29) is 0 Å². The number of allylic oxidation sites excluding steroid dienone is 8. The molecule has 204 valence electrons. The van der Waals surface area contributed by atoms with Crippen molar-refractivity contribution in [1.82, 2.24) is 0 Å². The van der Waals surface area contributed by atoms with Crippen LogP contribution in [0.4, 0.5) is 0 Å². The molecule has 0 aliphatic carbocycles. The lowest BCUT2D eigenvalue weighted by Crippen LogP contribution is -1.95. The van der Waals surface area contributed by atoms with Crippen molar-refractivity contribution < 1.29 is 0 Å². The first kappa shape index (κ1) is 34.0. The molecule has 0 radical (unpaired) electrons. The largest absolute Gasteiger partial charge is 0.0845 e. The highest BCUT2D eigenvalue weighted by Gasteiger charge is 2.02. The number of rotatable bonds is 27. The van der Waals surface area contributed by atoms with E-state index in [2.05, 4.69) is 69.4 Å². The molecule has 0 aliphatic heterocycles. The van der Waals surface area contributed by atoms with Gasteiger partial charge in [-0.3, -0.25) is 0 Å². The van der Waals surface area contributed by atoms with E-state index in [1.165, 1.54) is 148 Å². The van der Waals surface area contributed by atoms with Gasteiger partial charge in [0, 0.05) is 0 Å². The van der Waals surface area contributed by atoms with E-state index in [1.807, 2.05) is 0 Å². The second-order valence-electron chi connectivity index (χ2n) is 10.9. The maximum Gasteiger partial charge on any atom is -0.0348 e. The van der Waals surface area contributed by atoms with Crippen molar-refractivity contribution in [2.75, 3.05) is 0 Å². The first-order valence-corrected chi connectivity index (χ1v) is 15.9. The minimum absolute atomic E-state index is 0.936. The summed E-state index contributed by atoms with van der Waals surface area (Å²) in [6.45, 7) is 7.00. The smallest absolute Gasteiger partial charge is 0.0348 e. The molecule has 35 heavy (non-hydrogen) atoms. The highest BCUT2D eigenvalue weighted by molar-refractivity contribution is 5.02. The molecule has 0 heterocycles. The molecule has 0 rings (SSSR count). The summed E-state index contributed by atoms with van der Waals surface area (Å²) in [7, 11) is 0. The van der Waals surface area contributed by atoms with Crippen LogP contribution >= 0.6 is 0 Å². The summed E-state index contributed by atoms with van der Waals surface area (Å²) in [6.07, 6.45) is 49.9. The van der Waals surface area contributed by atoms with Crippen LogP contribution in [0.25, 0.3) is 0 Å². The van der Waals surface area contributed by atoms with Gasteiger partial charge in [0.25, 0.3) is 0 Å². The van der Waals surface area contributed by atoms with Crippen LogP contribution < -0.4 is 0 Å². The van der Waals surface area contributed by atoms with Crippen molar-refractivity contribution >= 4 is 0 Å². The summed E-state index contributed by atoms with van der Waals surface area (Å²) in [5.74, 6) is 0.936. The standard InChI is InChI=1S/C35H64/c1-4-6-8-10-12-14-16-18-20-22-24-26-28-30-32-34-35(3)33-31-29-27-25-23-21-19-17-15-13-11-9-7-5-2/h11-18,35H,4-10,19-34H2,1-3H3/b13-11+,14-12+,17-15+,18-16+. The Hall–Kier alpha value is -1.04. The summed E-state index contributed by atoms with van der Waals surface area (Å²) < 4.78 is 0. The van der Waals surface area contributed by atoms with Gasteiger partial charge in [0.15, 0.2) is 0 Å². The van der Waals surface area contributed by atoms with E-state index in [0.29, 0.717) is 0 Å². The number of hydrogen-bond acceptors (Lipinski definition) is 0. The fourth-order valence-electron chi connectivity index (χ4n) is 4.60. The lowest BCUT2D eigenvalue weighted by molar-refractivity contribution is 0.431. The Morgan fingerprint density at radius 2 is 0.686 bits per heavy atom. The zero-order valence-electron chi connectivity index (χ0n) is 24.5. The molecule has 0 amide bonds. The Bertz CT molecular complexity index is 492. The van der Waals surface area contributed by atoms with Gasteiger partial charge in [-0.1, -0.05) is 172 Å².